The van der Waals surface area contributed by atoms with Gasteiger partial charge in [0.2, 0.25) is 0 Å². The maximum Gasteiger partial charge on any atom is 0.673 e. The smallest absolute Gasteiger partial charge is 0.418 e. The van der Waals surface area contributed by atoms with Crippen LogP contribution < -0.4 is 13.1 Å². The summed E-state index contributed by atoms with van der Waals surface area (Å²) in [5, 5.41) is 0. The molecule has 0 bridgehead atoms. The Bertz CT molecular complexity index is 1050. The van der Waals surface area contributed by atoms with E-state index in [1.54, 1.807) is 0 Å². The predicted octanol–water partition coefficient (Wildman–Crippen LogP) is 5.05. The van der Waals surface area contributed by atoms with Crippen molar-refractivity contribution in [1.29, 1.82) is 0 Å². The molecule has 0 amide bonds. The van der Waals surface area contributed by atoms with E-state index >= 15 is 0 Å². The number of hydrogen-bond donors (Lipinski definition) is 0. The van der Waals surface area contributed by atoms with E-state index in [2.05, 4.69) is 114 Å². The second-order valence-electron chi connectivity index (χ2n) is 6.78. The first-order valence-electron chi connectivity index (χ1n) is 9.91. The third-order valence-corrected chi connectivity index (χ3v) is 12.3. The van der Waals surface area contributed by atoms with Gasteiger partial charge < -0.3 is 17.3 Å². The Balaban J connectivity index is 0.000000523. The van der Waals surface area contributed by atoms with Crippen LogP contribution in [0, 0.1) is 10.6 Å². The first kappa shape index (κ1) is 23.4. The summed E-state index contributed by atoms with van der Waals surface area (Å²) < 4.78 is 46.9. The van der Waals surface area contributed by atoms with Crippen LogP contribution in [0.5, 0.6) is 0 Å². The number of benzene rings is 4. The average Bonchev–Trinajstić information content (AvgIpc) is 2.81. The Hall–Kier alpha value is -3.22. The predicted molar refractivity (Wildman–Crippen MR) is 127 cm³/mol. The molecule has 4 rings (SSSR count). The molecule has 0 heterocycles. The molecule has 0 spiro atoms. The van der Waals surface area contributed by atoms with Crippen molar-refractivity contribution in [1.82, 2.24) is 0 Å². The van der Waals surface area contributed by atoms with Crippen molar-refractivity contribution >= 4 is 33.9 Å². The Morgan fingerprint density at radius 1 is 0.469 bits per heavy atom. The fourth-order valence-corrected chi connectivity index (χ4v) is 10.5. The summed E-state index contributed by atoms with van der Waals surface area (Å²) in [7, 11) is -6.00. The third kappa shape index (κ3) is 6.39. The summed E-state index contributed by atoms with van der Waals surface area (Å²) in [6.07, 6.45) is 0. The van der Waals surface area contributed by atoms with Crippen molar-refractivity contribution in [2.24, 2.45) is 0 Å². The first-order chi connectivity index (χ1) is 15.4. The Morgan fingerprint density at radius 3 is 1.06 bits per heavy atom. The van der Waals surface area contributed by atoms with Crippen LogP contribution in [0.4, 0.5) is 17.3 Å². The molecule has 0 aliphatic rings. The molecule has 0 fully saturated rings. The van der Waals surface area contributed by atoms with Gasteiger partial charge in [0, 0.05) is 0 Å². The van der Waals surface area contributed by atoms with E-state index in [9.17, 15) is 17.3 Å². The van der Waals surface area contributed by atoms with E-state index in [0.717, 1.165) is 5.56 Å². The molecule has 4 aromatic rings. The molecule has 4 aromatic carbocycles. The van der Waals surface area contributed by atoms with Crippen molar-refractivity contribution in [3.63, 3.8) is 0 Å². The van der Waals surface area contributed by atoms with E-state index in [0.29, 0.717) is 0 Å². The molecular weight excluding hydrogens is 474 g/mol. The molecule has 0 aliphatic heterocycles. The molecule has 0 nitrogen and oxygen atoms in total. The summed E-state index contributed by atoms with van der Waals surface area (Å²) >= 11 is -2.93. The molecule has 0 unspecified atom stereocenters. The zero-order valence-corrected chi connectivity index (χ0v) is 19.0. The summed E-state index contributed by atoms with van der Waals surface area (Å²) in [4.78, 5) is 0. The Morgan fingerprint density at radius 2 is 0.750 bits per heavy atom. The summed E-state index contributed by atoms with van der Waals surface area (Å²) in [5.74, 6) is 3.51. The molecule has 160 valence electrons. The van der Waals surface area contributed by atoms with Crippen LogP contribution in [0.1, 0.15) is 5.56 Å². The molecular formula is C26H20AsBF4. The normalized spacial score (nSPS) is 10.9. The first-order valence-corrected chi connectivity index (χ1v) is 13.7. The maximum absolute atomic E-state index is 9.75. The van der Waals surface area contributed by atoms with Crippen LogP contribution >= 0.6 is 0 Å². The maximum atomic E-state index is 9.75. The van der Waals surface area contributed by atoms with E-state index in [4.69, 9.17) is 0 Å². The van der Waals surface area contributed by atoms with Gasteiger partial charge >= 0.3 is 171 Å². The van der Waals surface area contributed by atoms with E-state index < -0.39 is 20.8 Å². The zero-order chi connectivity index (χ0) is 22.9. The van der Waals surface area contributed by atoms with Gasteiger partial charge in [-0.05, 0) is 0 Å². The quantitative estimate of drug-likeness (QED) is 0.213. The van der Waals surface area contributed by atoms with Gasteiger partial charge in [0.1, 0.15) is 0 Å². The van der Waals surface area contributed by atoms with E-state index in [1.165, 1.54) is 13.1 Å². The SMILES string of the molecule is C(#C[As+](c1ccccc1)(c1ccccc1)c1ccccc1)c1ccccc1.F[B-](F)(F)F. The monoisotopic (exact) mass is 494 g/mol. The Kier molecular flexibility index (Phi) is 7.98. The van der Waals surface area contributed by atoms with E-state index in [-0.39, 0.29) is 0 Å². The second kappa shape index (κ2) is 10.9. The van der Waals surface area contributed by atoms with Crippen molar-refractivity contribution in [3.05, 3.63) is 127 Å². The minimum atomic E-state index is -6.00. The van der Waals surface area contributed by atoms with Gasteiger partial charge in [0.25, 0.3) is 0 Å². The summed E-state index contributed by atoms with van der Waals surface area (Å²) in [5.41, 5.74) is 1.06. The molecule has 0 saturated heterocycles. The minimum absolute atomic E-state index is 1.06. The molecule has 0 saturated carbocycles. The molecule has 32 heavy (non-hydrogen) atoms. The largest absolute Gasteiger partial charge is 0.673 e. The summed E-state index contributed by atoms with van der Waals surface area (Å²) in [6, 6.07) is 42.7. The minimum Gasteiger partial charge on any atom is -0.418 e. The average molecular weight is 494 g/mol. The molecule has 0 N–H and O–H groups in total. The number of hydrogen-bond acceptors (Lipinski definition) is 0. The van der Waals surface area contributed by atoms with Crippen molar-refractivity contribution in [3.8, 4) is 10.6 Å². The molecule has 0 radical (unpaired) electrons. The van der Waals surface area contributed by atoms with Crippen LogP contribution in [0.3, 0.4) is 0 Å². The molecule has 0 aromatic heterocycles. The van der Waals surface area contributed by atoms with Gasteiger partial charge in [-0.25, -0.2) is 0 Å². The van der Waals surface area contributed by atoms with Crippen molar-refractivity contribution in [2.75, 3.05) is 0 Å². The van der Waals surface area contributed by atoms with Crippen LogP contribution in [-0.2, 0) is 0 Å². The van der Waals surface area contributed by atoms with Crippen molar-refractivity contribution < 1.29 is 17.3 Å². The number of rotatable bonds is 3. The molecule has 0 atom stereocenters. The van der Waals surface area contributed by atoms with Crippen LogP contribution in [0.2, 0.25) is 0 Å². The van der Waals surface area contributed by atoms with Crippen molar-refractivity contribution in [2.45, 2.75) is 0 Å². The van der Waals surface area contributed by atoms with Crippen LogP contribution in [0.15, 0.2) is 121 Å². The van der Waals surface area contributed by atoms with Gasteiger partial charge in [0.05, 0.1) is 0 Å². The standard InChI is InChI=1S/C26H20As.BF4/c1-5-13-23(14-6-1)21-22-27(24-15-7-2-8-16-24,25-17-9-3-10-18-25)26-19-11-4-12-20-26;2-1(3,4)5/h1-20H;/q+1;-1. The Labute approximate surface area is 188 Å². The van der Waals surface area contributed by atoms with E-state index in [1.807, 2.05) is 18.2 Å². The third-order valence-electron chi connectivity index (χ3n) is 4.57. The van der Waals surface area contributed by atoms with Gasteiger partial charge in [-0.3, -0.25) is 0 Å². The van der Waals surface area contributed by atoms with Crippen LogP contribution in [-0.4, -0.2) is 20.8 Å². The topological polar surface area (TPSA) is 0 Å². The van der Waals surface area contributed by atoms with Gasteiger partial charge in [-0.2, -0.15) is 0 Å². The van der Waals surface area contributed by atoms with Crippen LogP contribution in [0.25, 0.3) is 0 Å². The fraction of sp³-hybridized carbons (Fsp3) is 0. The fourth-order valence-electron chi connectivity index (χ4n) is 3.27. The van der Waals surface area contributed by atoms with Gasteiger partial charge in [-0.15, -0.1) is 0 Å². The summed E-state index contributed by atoms with van der Waals surface area (Å²) in [6.45, 7) is 0. The van der Waals surface area contributed by atoms with Gasteiger partial charge in [-0.1, -0.05) is 0 Å². The van der Waals surface area contributed by atoms with Gasteiger partial charge in [0.15, 0.2) is 0 Å². The molecule has 6 heteroatoms. The molecule has 0 aliphatic carbocycles. The second-order valence-corrected chi connectivity index (χ2v) is 13.3. The number of halogens is 4. The zero-order valence-electron chi connectivity index (χ0n) is 17.1.